The Morgan fingerprint density at radius 2 is 2.08 bits per heavy atom. The number of nitrogens with one attached hydrogen (secondary N) is 1. The molecule has 0 saturated carbocycles. The average molecular weight is 168 g/mol. The molecule has 1 saturated heterocycles. The molecule has 64 valence electrons. The van der Waals surface area contributed by atoms with Gasteiger partial charge in [-0.3, -0.25) is 0 Å². The summed E-state index contributed by atoms with van der Waals surface area (Å²) in [6.45, 7) is 0.120. The van der Waals surface area contributed by atoms with E-state index in [1.165, 1.54) is 5.23 Å². The van der Waals surface area contributed by atoms with Crippen molar-refractivity contribution in [1.29, 1.82) is 0 Å². The van der Waals surface area contributed by atoms with Gasteiger partial charge in [0.15, 0.2) is 6.79 Å². The minimum atomic E-state index is 0.120. The van der Waals surface area contributed by atoms with Gasteiger partial charge in [-0.25, -0.2) is 9.68 Å². The lowest BCUT2D eigenvalue weighted by Gasteiger charge is -2.25. The predicted molar refractivity (Wildman–Crippen MR) is 40.2 cm³/mol. The third-order valence-electron chi connectivity index (χ3n) is 1.38. The van der Waals surface area contributed by atoms with Crippen molar-refractivity contribution in [3.63, 3.8) is 0 Å². The maximum atomic E-state index is 4.99. The van der Waals surface area contributed by atoms with E-state index >= 15 is 0 Å². The summed E-state index contributed by atoms with van der Waals surface area (Å²) in [6, 6.07) is 9.40. The van der Waals surface area contributed by atoms with Crippen molar-refractivity contribution in [2.24, 2.45) is 0 Å². The number of nitrogens with zero attached hydrogens (tertiary/aromatic N) is 1. The number of hydrogen-bond acceptors (Lipinski definition) is 5. The van der Waals surface area contributed by atoms with Crippen LogP contribution in [-0.4, -0.2) is 6.79 Å². The Bertz CT molecular complexity index is 236. The Kier molecular flexibility index (Phi) is 2.19. The molecule has 1 aromatic carbocycles. The molecule has 0 atom stereocenters. The molecule has 12 heavy (non-hydrogen) atoms. The number of rotatable bonds is 1. The first-order valence-electron chi connectivity index (χ1n) is 3.49. The van der Waals surface area contributed by atoms with Crippen LogP contribution in [0.15, 0.2) is 30.3 Å². The van der Waals surface area contributed by atoms with E-state index in [2.05, 4.69) is 10.5 Å². The van der Waals surface area contributed by atoms with Crippen LogP contribution in [0.25, 0.3) is 0 Å². The zero-order valence-corrected chi connectivity index (χ0v) is 6.27. The minimum Gasteiger partial charge on any atom is -0.243 e. The summed E-state index contributed by atoms with van der Waals surface area (Å²) in [5.74, 6) is 0. The molecule has 0 amide bonds. The van der Waals surface area contributed by atoms with Crippen molar-refractivity contribution in [2.45, 2.75) is 0 Å². The molecule has 1 fully saturated rings. The fraction of sp³-hybridized carbons (Fsp3) is 0.143. The molecule has 1 aromatic rings. The van der Waals surface area contributed by atoms with E-state index in [1.807, 2.05) is 30.3 Å². The van der Waals surface area contributed by atoms with Crippen molar-refractivity contribution in [1.82, 2.24) is 5.64 Å². The Balaban J connectivity index is 2.08. The third-order valence-corrected chi connectivity index (χ3v) is 1.38. The largest absolute Gasteiger partial charge is 0.243 e. The van der Waals surface area contributed by atoms with Crippen molar-refractivity contribution in [3.05, 3.63) is 30.3 Å². The van der Waals surface area contributed by atoms with Gasteiger partial charge >= 0.3 is 0 Å². The second-order valence-electron chi connectivity index (χ2n) is 2.16. The highest BCUT2D eigenvalue weighted by Gasteiger charge is 2.11. The number of benzene rings is 1. The normalized spacial score (nSPS) is 17.8. The van der Waals surface area contributed by atoms with E-state index in [0.717, 1.165) is 5.69 Å². The molecule has 0 spiro atoms. The van der Waals surface area contributed by atoms with Gasteiger partial charge in [0.2, 0.25) is 0 Å². The molecule has 0 bridgehead atoms. The van der Waals surface area contributed by atoms with Crippen LogP contribution >= 0.6 is 0 Å². The number of para-hydroxylation sites is 1. The van der Waals surface area contributed by atoms with E-state index < -0.39 is 0 Å². The topological polar surface area (TPSA) is 43.0 Å². The van der Waals surface area contributed by atoms with Crippen molar-refractivity contribution < 1.29 is 14.6 Å². The summed E-state index contributed by atoms with van der Waals surface area (Å²) >= 11 is 0. The quantitative estimate of drug-likeness (QED) is 0.670. The van der Waals surface area contributed by atoms with Crippen LogP contribution in [0.1, 0.15) is 0 Å². The highest BCUT2D eigenvalue weighted by molar-refractivity contribution is 5.40. The van der Waals surface area contributed by atoms with Gasteiger partial charge in [-0.05, 0) is 17.8 Å². The average Bonchev–Trinajstić information content (AvgIpc) is 2.21. The molecule has 0 aliphatic carbocycles. The van der Waals surface area contributed by atoms with Gasteiger partial charge < -0.3 is 0 Å². The van der Waals surface area contributed by atoms with Crippen LogP contribution < -0.4 is 10.9 Å². The van der Waals surface area contributed by atoms with E-state index in [4.69, 9.17) is 9.78 Å². The molecule has 5 heteroatoms. The van der Waals surface area contributed by atoms with E-state index in [9.17, 15) is 0 Å². The van der Waals surface area contributed by atoms with Gasteiger partial charge in [0.1, 0.15) is 0 Å². The molecule has 1 aliphatic rings. The smallest absolute Gasteiger partial charge is 0.199 e. The fourth-order valence-corrected chi connectivity index (χ4v) is 0.862. The summed E-state index contributed by atoms with van der Waals surface area (Å²) < 4.78 is 0. The summed E-state index contributed by atoms with van der Waals surface area (Å²) in [5.41, 5.74) is 3.03. The maximum absolute atomic E-state index is 4.99. The molecule has 5 nitrogen and oxygen atoms in total. The lowest BCUT2D eigenvalue weighted by Crippen LogP contribution is -2.38. The lowest BCUT2D eigenvalue weighted by atomic mass is 10.3. The van der Waals surface area contributed by atoms with Gasteiger partial charge in [0.25, 0.3) is 0 Å². The van der Waals surface area contributed by atoms with Gasteiger partial charge in [0, 0.05) is 0 Å². The van der Waals surface area contributed by atoms with E-state index in [0.29, 0.717) is 0 Å². The standard InChI is InChI=1S/C7H8N2O3/c1-2-4-7(5-3-1)9-11-6-10-8-12-9/h1-5,8H,6H2. The van der Waals surface area contributed by atoms with Crippen LogP contribution in [-0.2, 0) is 14.6 Å². The van der Waals surface area contributed by atoms with Crippen molar-refractivity contribution >= 4 is 5.69 Å². The first-order valence-corrected chi connectivity index (χ1v) is 3.49. The molecular weight excluding hydrogens is 160 g/mol. The van der Waals surface area contributed by atoms with Crippen LogP contribution in [0.4, 0.5) is 5.69 Å². The molecule has 1 heterocycles. The Morgan fingerprint density at radius 3 is 2.75 bits per heavy atom. The van der Waals surface area contributed by atoms with Gasteiger partial charge in [-0.1, -0.05) is 18.2 Å². The zero-order chi connectivity index (χ0) is 8.23. The predicted octanol–water partition coefficient (Wildman–Crippen LogP) is 0.763. The first-order chi connectivity index (χ1) is 5.97. The zero-order valence-electron chi connectivity index (χ0n) is 6.27. The highest BCUT2D eigenvalue weighted by Crippen LogP contribution is 2.14. The van der Waals surface area contributed by atoms with Crippen molar-refractivity contribution in [3.8, 4) is 0 Å². The van der Waals surface area contributed by atoms with Crippen LogP contribution in [0.2, 0.25) is 0 Å². The van der Waals surface area contributed by atoms with Crippen LogP contribution in [0.5, 0.6) is 0 Å². The molecular formula is C7H8N2O3. The summed E-state index contributed by atoms with van der Waals surface area (Å²) in [6.07, 6.45) is 0. The molecule has 2 rings (SSSR count). The SMILES string of the molecule is c1ccc(N2OCONO2)cc1. The minimum absolute atomic E-state index is 0.120. The Morgan fingerprint density at radius 1 is 1.25 bits per heavy atom. The van der Waals surface area contributed by atoms with E-state index in [-0.39, 0.29) is 6.79 Å². The summed E-state index contributed by atoms with van der Waals surface area (Å²) in [4.78, 5) is 14.4. The van der Waals surface area contributed by atoms with E-state index in [1.54, 1.807) is 0 Å². The monoisotopic (exact) mass is 168 g/mol. The molecule has 0 aromatic heterocycles. The Hall–Kier alpha value is -1.14. The van der Waals surface area contributed by atoms with Crippen molar-refractivity contribution in [2.75, 3.05) is 12.0 Å². The Labute approximate surface area is 69.3 Å². The van der Waals surface area contributed by atoms with Gasteiger partial charge in [-0.2, -0.15) is 0 Å². The number of anilines is 1. The first kappa shape index (κ1) is 7.51. The lowest BCUT2D eigenvalue weighted by molar-refractivity contribution is -0.338. The highest BCUT2D eigenvalue weighted by atomic mass is 17.2. The second-order valence-corrected chi connectivity index (χ2v) is 2.16. The number of hydrogen-bond donors (Lipinski definition) is 1. The molecule has 1 aliphatic heterocycles. The molecule has 0 radical (unpaired) electrons. The summed E-state index contributed by atoms with van der Waals surface area (Å²) in [5, 5.41) is 1.24. The fourth-order valence-electron chi connectivity index (χ4n) is 0.862. The van der Waals surface area contributed by atoms with Crippen LogP contribution in [0.3, 0.4) is 0 Å². The third kappa shape index (κ3) is 1.54. The van der Waals surface area contributed by atoms with Gasteiger partial charge in [-0.15, -0.1) is 10.2 Å². The van der Waals surface area contributed by atoms with Gasteiger partial charge in [0.05, 0.1) is 5.69 Å². The second kappa shape index (κ2) is 3.51. The molecule has 0 unspecified atom stereocenters. The maximum Gasteiger partial charge on any atom is 0.199 e. The molecule has 1 N–H and O–H groups in total. The van der Waals surface area contributed by atoms with Crippen LogP contribution in [0, 0.1) is 0 Å². The summed E-state index contributed by atoms with van der Waals surface area (Å²) in [7, 11) is 0.